The molecule has 2 aromatic carbocycles. The smallest absolute Gasteiger partial charge is 0.193 e. The van der Waals surface area contributed by atoms with E-state index in [1.807, 2.05) is 42.5 Å². The van der Waals surface area contributed by atoms with Gasteiger partial charge in [-0.25, -0.2) is 0 Å². The zero-order valence-electron chi connectivity index (χ0n) is 15.7. The van der Waals surface area contributed by atoms with Gasteiger partial charge in [0.05, 0.1) is 0 Å². The standard InChI is InChI=1S/C23H31NO/c1-24(2)19-11-6-4-3-5-8-12-20-15-17-22(18-16-20)23(25)21-13-9-7-10-14-21/h7,9-10,13-18H,3-6,8,11-12,19H2,1-2H3. The highest BCUT2D eigenvalue weighted by atomic mass is 16.1. The van der Waals surface area contributed by atoms with E-state index in [1.54, 1.807) is 0 Å². The number of rotatable bonds is 11. The van der Waals surface area contributed by atoms with Gasteiger partial charge in [0.2, 0.25) is 0 Å². The van der Waals surface area contributed by atoms with Gasteiger partial charge in [0.15, 0.2) is 5.78 Å². The van der Waals surface area contributed by atoms with Crippen molar-refractivity contribution in [3.63, 3.8) is 0 Å². The van der Waals surface area contributed by atoms with Crippen molar-refractivity contribution < 1.29 is 4.79 Å². The summed E-state index contributed by atoms with van der Waals surface area (Å²) in [5.74, 6) is 0.102. The lowest BCUT2D eigenvalue weighted by atomic mass is 10.00. The summed E-state index contributed by atoms with van der Waals surface area (Å²) in [7, 11) is 4.28. The summed E-state index contributed by atoms with van der Waals surface area (Å²) in [5, 5.41) is 0. The van der Waals surface area contributed by atoms with Crippen LogP contribution in [-0.4, -0.2) is 31.3 Å². The van der Waals surface area contributed by atoms with Gasteiger partial charge in [-0.1, -0.05) is 80.3 Å². The number of aryl methyl sites for hydroxylation is 1. The highest BCUT2D eigenvalue weighted by molar-refractivity contribution is 6.08. The van der Waals surface area contributed by atoms with Crippen molar-refractivity contribution in [1.82, 2.24) is 4.90 Å². The third-order valence-electron chi connectivity index (χ3n) is 4.57. The van der Waals surface area contributed by atoms with Gasteiger partial charge in [-0.3, -0.25) is 4.79 Å². The molecule has 2 rings (SSSR count). The van der Waals surface area contributed by atoms with Gasteiger partial charge in [0.1, 0.15) is 0 Å². The summed E-state index contributed by atoms with van der Waals surface area (Å²) >= 11 is 0. The molecule has 0 radical (unpaired) electrons. The fourth-order valence-electron chi connectivity index (χ4n) is 3.04. The van der Waals surface area contributed by atoms with Crippen LogP contribution < -0.4 is 0 Å². The molecule has 0 aromatic heterocycles. The molecule has 2 heteroatoms. The van der Waals surface area contributed by atoms with Crippen LogP contribution in [0.3, 0.4) is 0 Å². The number of benzene rings is 2. The van der Waals surface area contributed by atoms with Crippen LogP contribution >= 0.6 is 0 Å². The predicted molar refractivity (Wildman–Crippen MR) is 106 cm³/mol. The van der Waals surface area contributed by atoms with Gasteiger partial charge in [-0.15, -0.1) is 0 Å². The van der Waals surface area contributed by atoms with Crippen LogP contribution in [-0.2, 0) is 6.42 Å². The monoisotopic (exact) mass is 337 g/mol. The molecular formula is C23H31NO. The molecule has 0 atom stereocenters. The second-order valence-electron chi connectivity index (χ2n) is 7.07. The van der Waals surface area contributed by atoms with E-state index in [2.05, 4.69) is 31.1 Å². The van der Waals surface area contributed by atoms with Crippen LogP contribution in [0.4, 0.5) is 0 Å². The van der Waals surface area contributed by atoms with Gasteiger partial charge in [0, 0.05) is 11.1 Å². The van der Waals surface area contributed by atoms with E-state index in [0.29, 0.717) is 0 Å². The van der Waals surface area contributed by atoms with Crippen molar-refractivity contribution in [3.05, 3.63) is 71.3 Å². The minimum Gasteiger partial charge on any atom is -0.309 e. The van der Waals surface area contributed by atoms with E-state index in [9.17, 15) is 4.79 Å². The molecule has 0 saturated carbocycles. The molecule has 2 nitrogen and oxygen atoms in total. The highest BCUT2D eigenvalue weighted by Gasteiger charge is 2.07. The first-order chi connectivity index (χ1) is 12.2. The van der Waals surface area contributed by atoms with Crippen molar-refractivity contribution in [3.8, 4) is 0 Å². The number of carbonyl (C=O) groups excluding carboxylic acids is 1. The summed E-state index contributed by atoms with van der Waals surface area (Å²) in [5.41, 5.74) is 2.86. The normalized spacial score (nSPS) is 11.0. The minimum atomic E-state index is 0.102. The molecular weight excluding hydrogens is 306 g/mol. The number of unbranched alkanes of at least 4 members (excludes halogenated alkanes) is 5. The molecule has 0 saturated heterocycles. The van der Waals surface area contributed by atoms with E-state index in [4.69, 9.17) is 0 Å². The van der Waals surface area contributed by atoms with Crippen LogP contribution in [0.25, 0.3) is 0 Å². The molecule has 25 heavy (non-hydrogen) atoms. The Morgan fingerprint density at radius 2 is 1.28 bits per heavy atom. The van der Waals surface area contributed by atoms with Crippen molar-refractivity contribution in [2.24, 2.45) is 0 Å². The van der Waals surface area contributed by atoms with Crippen molar-refractivity contribution in [2.45, 2.75) is 44.9 Å². The molecule has 0 heterocycles. The van der Waals surface area contributed by atoms with E-state index >= 15 is 0 Å². The largest absolute Gasteiger partial charge is 0.309 e. The lowest BCUT2D eigenvalue weighted by molar-refractivity contribution is 0.103. The zero-order chi connectivity index (χ0) is 17.9. The molecule has 0 amide bonds. The summed E-state index contributed by atoms with van der Waals surface area (Å²) in [6, 6.07) is 17.6. The summed E-state index contributed by atoms with van der Waals surface area (Å²) < 4.78 is 0. The summed E-state index contributed by atoms with van der Waals surface area (Å²) in [6.07, 6.45) is 8.97. The average molecular weight is 338 g/mol. The Labute approximate surface area is 152 Å². The Bertz CT molecular complexity index is 616. The molecule has 0 unspecified atom stereocenters. The Morgan fingerprint density at radius 1 is 0.720 bits per heavy atom. The van der Waals surface area contributed by atoms with Crippen molar-refractivity contribution in [1.29, 1.82) is 0 Å². The highest BCUT2D eigenvalue weighted by Crippen LogP contribution is 2.14. The van der Waals surface area contributed by atoms with E-state index < -0.39 is 0 Å². The number of hydrogen-bond acceptors (Lipinski definition) is 2. The average Bonchev–Trinajstić information content (AvgIpc) is 2.64. The number of nitrogens with zero attached hydrogens (tertiary/aromatic N) is 1. The second-order valence-corrected chi connectivity index (χ2v) is 7.07. The minimum absolute atomic E-state index is 0.102. The van der Waals surface area contributed by atoms with E-state index in [-0.39, 0.29) is 5.78 Å². The van der Waals surface area contributed by atoms with Crippen LogP contribution in [0.15, 0.2) is 54.6 Å². The maximum absolute atomic E-state index is 12.4. The molecule has 0 aliphatic heterocycles. The van der Waals surface area contributed by atoms with Crippen LogP contribution in [0.1, 0.15) is 60.0 Å². The molecule has 0 aliphatic carbocycles. The first-order valence-electron chi connectivity index (χ1n) is 9.50. The van der Waals surface area contributed by atoms with Crippen molar-refractivity contribution in [2.75, 3.05) is 20.6 Å². The molecule has 0 spiro atoms. The topological polar surface area (TPSA) is 20.3 Å². The molecule has 0 N–H and O–H groups in total. The van der Waals surface area contributed by atoms with Gasteiger partial charge >= 0.3 is 0 Å². The van der Waals surface area contributed by atoms with Gasteiger partial charge in [-0.05, 0) is 45.5 Å². The summed E-state index contributed by atoms with van der Waals surface area (Å²) in [4.78, 5) is 14.6. The van der Waals surface area contributed by atoms with Crippen LogP contribution in [0.2, 0.25) is 0 Å². The van der Waals surface area contributed by atoms with Crippen LogP contribution in [0.5, 0.6) is 0 Å². The van der Waals surface area contributed by atoms with Crippen molar-refractivity contribution >= 4 is 5.78 Å². The SMILES string of the molecule is CN(C)CCCCCCCCc1ccc(C(=O)c2ccccc2)cc1. The molecule has 0 bridgehead atoms. The van der Waals surface area contributed by atoms with Gasteiger partial charge in [0.25, 0.3) is 0 Å². The molecule has 2 aromatic rings. The Hall–Kier alpha value is -1.93. The van der Waals surface area contributed by atoms with Gasteiger partial charge < -0.3 is 4.90 Å². The third-order valence-corrected chi connectivity index (χ3v) is 4.57. The fourth-order valence-corrected chi connectivity index (χ4v) is 3.04. The lowest BCUT2D eigenvalue weighted by Crippen LogP contribution is -2.12. The Balaban J connectivity index is 1.66. The Morgan fingerprint density at radius 3 is 1.92 bits per heavy atom. The number of carbonyl (C=O) groups is 1. The maximum Gasteiger partial charge on any atom is 0.193 e. The number of ketones is 1. The fraction of sp³-hybridized carbons (Fsp3) is 0.435. The zero-order valence-corrected chi connectivity index (χ0v) is 15.7. The molecule has 0 fully saturated rings. The summed E-state index contributed by atoms with van der Waals surface area (Å²) in [6.45, 7) is 1.20. The second kappa shape index (κ2) is 10.8. The molecule has 134 valence electrons. The third kappa shape index (κ3) is 7.23. The lowest BCUT2D eigenvalue weighted by Gasteiger charge is -2.08. The van der Waals surface area contributed by atoms with E-state index in [1.165, 1.54) is 50.6 Å². The first-order valence-corrected chi connectivity index (χ1v) is 9.50. The van der Waals surface area contributed by atoms with E-state index in [0.717, 1.165) is 17.5 Å². The molecule has 0 aliphatic rings. The predicted octanol–water partition coefficient (Wildman–Crippen LogP) is 5.36. The first kappa shape index (κ1) is 19.4. The maximum atomic E-state index is 12.4. The van der Waals surface area contributed by atoms with Crippen LogP contribution in [0, 0.1) is 0 Å². The quantitative estimate of drug-likeness (QED) is 0.406. The Kier molecular flexibility index (Phi) is 8.41. The van der Waals surface area contributed by atoms with Gasteiger partial charge in [-0.2, -0.15) is 0 Å². The number of hydrogen-bond donors (Lipinski definition) is 0.